The SMILES string of the molecule is N#C/C(=C\c1cc(Br)cc(Br)c1Oc1ccc([N+](=O)[O-])cc1[N+](=O)[O-])c1ccccc1. The summed E-state index contributed by atoms with van der Waals surface area (Å²) >= 11 is 6.76. The second-order valence-corrected chi connectivity index (χ2v) is 7.88. The second kappa shape index (κ2) is 9.51. The quantitative estimate of drug-likeness (QED) is 0.144. The van der Waals surface area contributed by atoms with Gasteiger partial charge in [-0.15, -0.1) is 0 Å². The summed E-state index contributed by atoms with van der Waals surface area (Å²) in [6, 6.07) is 17.6. The Hall–Kier alpha value is -3.55. The fourth-order valence-electron chi connectivity index (χ4n) is 2.71. The Balaban J connectivity index is 2.14. The molecular weight excluding hydrogens is 534 g/mol. The third-order valence-electron chi connectivity index (χ3n) is 4.10. The lowest BCUT2D eigenvalue weighted by Gasteiger charge is -2.12. The van der Waals surface area contributed by atoms with Gasteiger partial charge in [-0.05, 0) is 45.8 Å². The van der Waals surface area contributed by atoms with Gasteiger partial charge in [0.05, 0.1) is 32.0 Å². The number of nitro benzene ring substituents is 2. The van der Waals surface area contributed by atoms with Crippen LogP contribution in [0.25, 0.3) is 11.6 Å². The third-order valence-corrected chi connectivity index (χ3v) is 5.15. The molecule has 0 saturated heterocycles. The first-order valence-corrected chi connectivity index (χ1v) is 10.2. The number of non-ortho nitro benzene ring substituents is 1. The second-order valence-electron chi connectivity index (χ2n) is 6.11. The highest BCUT2D eigenvalue weighted by atomic mass is 79.9. The first-order chi connectivity index (χ1) is 14.8. The average molecular weight is 545 g/mol. The van der Waals surface area contributed by atoms with Gasteiger partial charge in [-0.25, -0.2) is 0 Å². The topological polar surface area (TPSA) is 119 Å². The van der Waals surface area contributed by atoms with Crippen LogP contribution in [-0.4, -0.2) is 9.85 Å². The molecule has 0 aliphatic carbocycles. The molecular formula is C21H11Br2N3O5. The fourth-order valence-corrected chi connectivity index (χ4v) is 4.05. The monoisotopic (exact) mass is 543 g/mol. The Bertz CT molecular complexity index is 1250. The van der Waals surface area contributed by atoms with Gasteiger partial charge in [0.25, 0.3) is 5.69 Å². The molecule has 10 heteroatoms. The first-order valence-electron chi connectivity index (χ1n) is 8.57. The Morgan fingerprint density at radius 3 is 2.32 bits per heavy atom. The van der Waals surface area contributed by atoms with Crippen molar-refractivity contribution in [3.63, 3.8) is 0 Å². The summed E-state index contributed by atoms with van der Waals surface area (Å²) in [4.78, 5) is 20.9. The van der Waals surface area contributed by atoms with Gasteiger partial charge in [0.15, 0.2) is 0 Å². The molecule has 0 aliphatic rings. The molecule has 31 heavy (non-hydrogen) atoms. The first kappa shape index (κ1) is 22.1. The van der Waals surface area contributed by atoms with Crippen LogP contribution in [-0.2, 0) is 0 Å². The minimum Gasteiger partial charge on any atom is -0.448 e. The predicted molar refractivity (Wildman–Crippen MR) is 122 cm³/mol. The summed E-state index contributed by atoms with van der Waals surface area (Å²) in [5.41, 5.74) is 0.531. The molecule has 8 nitrogen and oxygen atoms in total. The zero-order valence-electron chi connectivity index (χ0n) is 15.5. The molecule has 3 rings (SSSR count). The molecule has 0 radical (unpaired) electrons. The van der Waals surface area contributed by atoms with E-state index in [-0.39, 0.29) is 11.5 Å². The van der Waals surface area contributed by atoms with Crippen molar-refractivity contribution in [1.29, 1.82) is 5.26 Å². The summed E-state index contributed by atoms with van der Waals surface area (Å²) in [6.45, 7) is 0. The Kier molecular flexibility index (Phi) is 6.79. The van der Waals surface area contributed by atoms with E-state index in [1.807, 2.05) is 6.07 Å². The Morgan fingerprint density at radius 2 is 1.71 bits per heavy atom. The number of ether oxygens (including phenoxy) is 1. The number of nitro groups is 2. The van der Waals surface area contributed by atoms with Crippen LogP contribution in [0.4, 0.5) is 11.4 Å². The number of halogens is 2. The molecule has 0 saturated carbocycles. The smallest absolute Gasteiger partial charge is 0.318 e. The van der Waals surface area contributed by atoms with Crippen molar-refractivity contribution in [2.75, 3.05) is 0 Å². The largest absolute Gasteiger partial charge is 0.448 e. The van der Waals surface area contributed by atoms with Crippen molar-refractivity contribution >= 4 is 54.9 Å². The lowest BCUT2D eigenvalue weighted by molar-refractivity contribution is -0.394. The predicted octanol–water partition coefficient (Wildman–Crippen LogP) is 6.88. The minimum atomic E-state index is -0.755. The van der Waals surface area contributed by atoms with Gasteiger partial charge in [-0.1, -0.05) is 46.3 Å². The molecule has 3 aromatic carbocycles. The van der Waals surface area contributed by atoms with E-state index < -0.39 is 21.2 Å². The number of nitrogens with zero attached hydrogens (tertiary/aromatic N) is 3. The van der Waals surface area contributed by atoms with Gasteiger partial charge in [0.2, 0.25) is 5.75 Å². The van der Waals surface area contributed by atoms with Gasteiger partial charge in [0, 0.05) is 16.1 Å². The van der Waals surface area contributed by atoms with Gasteiger partial charge in [0.1, 0.15) is 5.75 Å². The van der Waals surface area contributed by atoms with Crippen LogP contribution in [0.2, 0.25) is 0 Å². The summed E-state index contributed by atoms with van der Waals surface area (Å²) in [7, 11) is 0. The van der Waals surface area contributed by atoms with E-state index in [1.54, 1.807) is 42.5 Å². The van der Waals surface area contributed by atoms with Crippen LogP contribution in [0.15, 0.2) is 69.6 Å². The molecule has 0 heterocycles. The zero-order valence-corrected chi connectivity index (χ0v) is 18.7. The highest BCUT2D eigenvalue weighted by molar-refractivity contribution is 9.11. The molecule has 154 valence electrons. The van der Waals surface area contributed by atoms with E-state index in [1.165, 1.54) is 6.07 Å². The number of rotatable bonds is 6. The Labute approximate surface area is 192 Å². The van der Waals surface area contributed by atoms with Crippen LogP contribution in [0, 0.1) is 31.6 Å². The van der Waals surface area contributed by atoms with Crippen LogP contribution in [0.5, 0.6) is 11.5 Å². The molecule has 0 spiro atoms. The normalized spacial score (nSPS) is 10.9. The van der Waals surface area contributed by atoms with Crippen LogP contribution >= 0.6 is 31.9 Å². The average Bonchev–Trinajstić information content (AvgIpc) is 2.74. The summed E-state index contributed by atoms with van der Waals surface area (Å²) < 4.78 is 6.96. The van der Waals surface area contributed by atoms with E-state index >= 15 is 0 Å². The molecule has 0 amide bonds. The van der Waals surface area contributed by atoms with Crippen LogP contribution in [0.3, 0.4) is 0 Å². The van der Waals surface area contributed by atoms with Crippen LogP contribution < -0.4 is 4.74 Å². The van der Waals surface area contributed by atoms with Crippen molar-refractivity contribution < 1.29 is 14.6 Å². The van der Waals surface area contributed by atoms with E-state index in [2.05, 4.69) is 37.9 Å². The lowest BCUT2D eigenvalue weighted by Crippen LogP contribution is -1.97. The molecule has 0 N–H and O–H groups in total. The summed E-state index contributed by atoms with van der Waals surface area (Å²) in [5.74, 6) is 0.0373. The highest BCUT2D eigenvalue weighted by Crippen LogP contribution is 2.41. The number of hydrogen-bond acceptors (Lipinski definition) is 6. The number of nitriles is 1. The molecule has 3 aromatic rings. The van der Waals surface area contributed by atoms with Gasteiger partial charge in [-0.2, -0.15) is 5.26 Å². The van der Waals surface area contributed by atoms with Gasteiger partial charge < -0.3 is 4.74 Å². The van der Waals surface area contributed by atoms with Gasteiger partial charge >= 0.3 is 5.69 Å². The standard InChI is InChI=1S/C21H11Br2N3O5/c22-16-9-14(8-15(12-24)13-4-2-1-3-5-13)21(18(23)10-16)31-20-7-6-17(25(27)28)11-19(20)26(29)30/h1-11H/b15-8+. The van der Waals surface area contributed by atoms with Crippen molar-refractivity contribution in [3.8, 4) is 17.6 Å². The fraction of sp³-hybridized carbons (Fsp3) is 0. The maximum atomic E-state index is 11.4. The lowest BCUT2D eigenvalue weighted by atomic mass is 10.0. The molecule has 0 bridgehead atoms. The molecule has 0 aliphatic heterocycles. The van der Waals surface area contributed by atoms with E-state index in [4.69, 9.17) is 4.74 Å². The van der Waals surface area contributed by atoms with Crippen molar-refractivity contribution in [2.45, 2.75) is 0 Å². The highest BCUT2D eigenvalue weighted by Gasteiger charge is 2.23. The Morgan fingerprint density at radius 1 is 1.00 bits per heavy atom. The van der Waals surface area contributed by atoms with Crippen LogP contribution in [0.1, 0.15) is 11.1 Å². The van der Waals surface area contributed by atoms with Crippen molar-refractivity contribution in [1.82, 2.24) is 0 Å². The third kappa shape index (κ3) is 5.14. The van der Waals surface area contributed by atoms with Crippen molar-refractivity contribution in [3.05, 3.63) is 101 Å². The number of hydrogen-bond donors (Lipinski definition) is 0. The van der Waals surface area contributed by atoms with E-state index in [0.29, 0.717) is 25.6 Å². The van der Waals surface area contributed by atoms with E-state index in [0.717, 1.165) is 12.1 Å². The molecule has 0 aromatic heterocycles. The van der Waals surface area contributed by atoms with E-state index in [9.17, 15) is 25.5 Å². The minimum absolute atomic E-state index is 0.175. The molecule has 0 unspecified atom stereocenters. The van der Waals surface area contributed by atoms with Gasteiger partial charge in [-0.3, -0.25) is 20.2 Å². The molecule has 0 fully saturated rings. The maximum Gasteiger partial charge on any atom is 0.318 e. The van der Waals surface area contributed by atoms with Crippen molar-refractivity contribution in [2.24, 2.45) is 0 Å². The molecule has 0 atom stereocenters. The maximum absolute atomic E-state index is 11.4. The zero-order chi connectivity index (χ0) is 22.5. The number of allylic oxidation sites excluding steroid dienone is 1. The summed E-state index contributed by atoms with van der Waals surface area (Å²) in [6.07, 6.45) is 1.59. The summed E-state index contributed by atoms with van der Waals surface area (Å²) in [5, 5.41) is 32.0. The number of benzene rings is 3.